The highest BCUT2D eigenvalue weighted by atomic mass is 16.5. The maximum absolute atomic E-state index is 5.98. The van der Waals surface area contributed by atoms with Crippen molar-refractivity contribution in [3.63, 3.8) is 0 Å². The minimum Gasteiger partial charge on any atom is -0.494 e. The van der Waals surface area contributed by atoms with Crippen LogP contribution < -0.4 is 9.47 Å². The molecule has 2 nitrogen and oxygen atoms in total. The van der Waals surface area contributed by atoms with Crippen LogP contribution in [0.1, 0.15) is 13.8 Å². The Morgan fingerprint density at radius 3 is 1.65 bits per heavy atom. The first-order valence-electron chi connectivity index (χ1n) is 14.0. The van der Waals surface area contributed by atoms with Gasteiger partial charge in [-0.05, 0) is 111 Å². The number of hydrogen-bond acceptors (Lipinski definition) is 2. The van der Waals surface area contributed by atoms with Crippen molar-refractivity contribution in [2.45, 2.75) is 13.8 Å². The summed E-state index contributed by atoms with van der Waals surface area (Å²) in [5.74, 6) is 1.75. The molecule has 2 heteroatoms. The Balaban J connectivity index is 1.64. The summed E-state index contributed by atoms with van der Waals surface area (Å²) in [4.78, 5) is 0. The van der Waals surface area contributed by atoms with E-state index in [1.807, 2.05) is 26.0 Å². The number of rotatable bonds is 7. The molecule has 0 saturated carbocycles. The van der Waals surface area contributed by atoms with E-state index >= 15 is 0 Å². The summed E-state index contributed by atoms with van der Waals surface area (Å²) in [5, 5.41) is 2.58. The standard InChI is InChI=1S/C38H30O2/c1-3-39-29-18-8-16-27(22-29)34-24-33(25-12-6-5-7-13-25)37-31-20-10-14-26-15-11-21-32(35(26)31)38(37)36(34)28-17-9-19-30(23-28)40-4-2/h5-24H,3-4H2,1-2H3. The minimum absolute atomic E-state index is 0.627. The fourth-order valence-electron chi connectivity index (χ4n) is 6.19. The van der Waals surface area contributed by atoms with Crippen LogP contribution in [0, 0.1) is 0 Å². The molecule has 0 amide bonds. The lowest BCUT2D eigenvalue weighted by atomic mass is 9.82. The third-order valence-electron chi connectivity index (χ3n) is 7.75. The molecule has 0 spiro atoms. The molecule has 7 rings (SSSR count). The number of hydrogen-bond donors (Lipinski definition) is 0. The summed E-state index contributed by atoms with van der Waals surface area (Å²) in [5.41, 5.74) is 12.2. The Morgan fingerprint density at radius 1 is 0.425 bits per heavy atom. The molecule has 0 atom stereocenters. The van der Waals surface area contributed by atoms with E-state index in [9.17, 15) is 0 Å². The zero-order chi connectivity index (χ0) is 27.1. The van der Waals surface area contributed by atoms with E-state index in [0.29, 0.717) is 13.2 Å². The van der Waals surface area contributed by atoms with Gasteiger partial charge in [-0.1, -0.05) is 91.0 Å². The van der Waals surface area contributed by atoms with Crippen LogP contribution in [0.3, 0.4) is 0 Å². The predicted octanol–water partition coefficient (Wildman–Crippen LogP) is 10.3. The monoisotopic (exact) mass is 518 g/mol. The van der Waals surface area contributed by atoms with Gasteiger partial charge in [-0.25, -0.2) is 0 Å². The molecule has 1 aliphatic carbocycles. The second-order valence-corrected chi connectivity index (χ2v) is 10.1. The molecule has 6 aromatic rings. The second-order valence-electron chi connectivity index (χ2n) is 10.1. The van der Waals surface area contributed by atoms with Crippen molar-refractivity contribution in [2.75, 3.05) is 13.2 Å². The van der Waals surface area contributed by atoms with E-state index in [-0.39, 0.29) is 0 Å². The average Bonchev–Trinajstić information content (AvgIpc) is 3.33. The van der Waals surface area contributed by atoms with Crippen LogP contribution in [-0.4, -0.2) is 13.2 Å². The zero-order valence-electron chi connectivity index (χ0n) is 22.8. The van der Waals surface area contributed by atoms with Gasteiger partial charge in [-0.3, -0.25) is 0 Å². The first-order valence-corrected chi connectivity index (χ1v) is 14.0. The van der Waals surface area contributed by atoms with E-state index in [1.54, 1.807) is 0 Å². The van der Waals surface area contributed by atoms with Crippen molar-refractivity contribution >= 4 is 10.8 Å². The van der Waals surface area contributed by atoms with Gasteiger partial charge < -0.3 is 9.47 Å². The summed E-state index contributed by atoms with van der Waals surface area (Å²) >= 11 is 0. The molecule has 0 aliphatic heterocycles. The van der Waals surface area contributed by atoms with Crippen molar-refractivity contribution < 1.29 is 9.47 Å². The number of benzene rings is 6. The van der Waals surface area contributed by atoms with Gasteiger partial charge in [0.15, 0.2) is 0 Å². The molecule has 0 bridgehead atoms. The van der Waals surface area contributed by atoms with Crippen LogP contribution in [0.4, 0.5) is 0 Å². The molecule has 0 heterocycles. The molecule has 0 saturated heterocycles. The molecule has 194 valence electrons. The smallest absolute Gasteiger partial charge is 0.119 e. The maximum atomic E-state index is 5.98. The Hall–Kier alpha value is -4.82. The lowest BCUT2D eigenvalue weighted by Gasteiger charge is -2.21. The zero-order valence-corrected chi connectivity index (χ0v) is 22.8. The SMILES string of the molecule is CCOc1cccc(-c2cc(-c3ccccc3)c3c(c2-c2cccc(OCC)c2)-c2cccc4cccc-3c24)c1. The van der Waals surface area contributed by atoms with Gasteiger partial charge in [-0.15, -0.1) is 0 Å². The molecule has 0 radical (unpaired) electrons. The van der Waals surface area contributed by atoms with E-state index in [2.05, 4.69) is 109 Å². The van der Waals surface area contributed by atoms with E-state index < -0.39 is 0 Å². The van der Waals surface area contributed by atoms with Crippen molar-refractivity contribution in [1.82, 2.24) is 0 Å². The summed E-state index contributed by atoms with van der Waals surface area (Å²) < 4.78 is 11.9. The summed E-state index contributed by atoms with van der Waals surface area (Å²) in [6, 6.07) is 43.5. The first-order chi connectivity index (χ1) is 19.8. The summed E-state index contributed by atoms with van der Waals surface area (Å²) in [6.07, 6.45) is 0. The van der Waals surface area contributed by atoms with Gasteiger partial charge in [0.2, 0.25) is 0 Å². The van der Waals surface area contributed by atoms with Crippen LogP contribution in [-0.2, 0) is 0 Å². The highest BCUT2D eigenvalue weighted by Crippen LogP contribution is 2.57. The second kappa shape index (κ2) is 10.1. The summed E-state index contributed by atoms with van der Waals surface area (Å²) in [6.45, 7) is 5.31. The highest BCUT2D eigenvalue weighted by Gasteiger charge is 2.30. The third-order valence-corrected chi connectivity index (χ3v) is 7.75. The fraction of sp³-hybridized carbons (Fsp3) is 0.105. The van der Waals surface area contributed by atoms with Gasteiger partial charge in [0.25, 0.3) is 0 Å². The van der Waals surface area contributed by atoms with Crippen LogP contribution in [0.5, 0.6) is 11.5 Å². The number of ether oxygens (including phenoxy) is 2. The lowest BCUT2D eigenvalue weighted by molar-refractivity contribution is 0.340. The molecule has 6 aromatic carbocycles. The predicted molar refractivity (Wildman–Crippen MR) is 167 cm³/mol. The van der Waals surface area contributed by atoms with Crippen LogP contribution in [0.25, 0.3) is 66.4 Å². The fourth-order valence-corrected chi connectivity index (χ4v) is 6.19. The molecule has 0 aromatic heterocycles. The maximum Gasteiger partial charge on any atom is 0.119 e. The largest absolute Gasteiger partial charge is 0.494 e. The summed E-state index contributed by atoms with van der Waals surface area (Å²) in [7, 11) is 0. The third kappa shape index (κ3) is 3.96. The molecule has 1 aliphatic rings. The topological polar surface area (TPSA) is 18.5 Å². The van der Waals surface area contributed by atoms with E-state index in [4.69, 9.17) is 9.47 Å². The molecular formula is C38H30O2. The van der Waals surface area contributed by atoms with Gasteiger partial charge in [0.05, 0.1) is 13.2 Å². The van der Waals surface area contributed by atoms with E-state index in [1.165, 1.54) is 55.3 Å². The van der Waals surface area contributed by atoms with Gasteiger partial charge in [0.1, 0.15) is 11.5 Å². The van der Waals surface area contributed by atoms with Crippen molar-refractivity contribution in [3.8, 4) is 67.1 Å². The quantitative estimate of drug-likeness (QED) is 0.209. The molecular weight excluding hydrogens is 488 g/mol. The molecule has 40 heavy (non-hydrogen) atoms. The highest BCUT2D eigenvalue weighted by molar-refractivity contribution is 6.22. The Morgan fingerprint density at radius 2 is 0.975 bits per heavy atom. The van der Waals surface area contributed by atoms with Crippen LogP contribution in [0.15, 0.2) is 121 Å². The molecule has 0 N–H and O–H groups in total. The average molecular weight is 519 g/mol. The lowest BCUT2D eigenvalue weighted by Crippen LogP contribution is -1.97. The van der Waals surface area contributed by atoms with E-state index in [0.717, 1.165) is 22.6 Å². The Bertz CT molecular complexity index is 1860. The van der Waals surface area contributed by atoms with Crippen molar-refractivity contribution in [2.24, 2.45) is 0 Å². The normalized spacial score (nSPS) is 11.4. The van der Waals surface area contributed by atoms with Crippen LogP contribution in [0.2, 0.25) is 0 Å². The first kappa shape index (κ1) is 24.2. The van der Waals surface area contributed by atoms with Crippen molar-refractivity contribution in [3.05, 3.63) is 121 Å². The van der Waals surface area contributed by atoms with Gasteiger partial charge in [0, 0.05) is 0 Å². The molecule has 0 fully saturated rings. The number of fused-ring (bicyclic) bond motifs is 3. The minimum atomic E-state index is 0.627. The Kier molecular flexibility index (Phi) is 6.09. The van der Waals surface area contributed by atoms with Gasteiger partial charge in [-0.2, -0.15) is 0 Å². The van der Waals surface area contributed by atoms with Crippen LogP contribution >= 0.6 is 0 Å². The van der Waals surface area contributed by atoms with Gasteiger partial charge >= 0.3 is 0 Å². The van der Waals surface area contributed by atoms with Crippen molar-refractivity contribution in [1.29, 1.82) is 0 Å². The Labute approximate surface area is 235 Å². The molecule has 0 unspecified atom stereocenters.